The van der Waals surface area contributed by atoms with Gasteiger partial charge in [0.2, 0.25) is 0 Å². The molecule has 1 aromatic carbocycles. The van der Waals surface area contributed by atoms with Crippen LogP contribution in [-0.4, -0.2) is 147 Å². The summed E-state index contributed by atoms with van der Waals surface area (Å²) in [6, 6.07) is 7.24. The lowest BCUT2D eigenvalue weighted by Gasteiger charge is -2.66. The molecular formula is C71H99N5O13S2. The van der Waals surface area contributed by atoms with Gasteiger partial charge in [0.15, 0.2) is 23.8 Å². The number of hydrogen-bond acceptors (Lipinski definition) is 17. The van der Waals surface area contributed by atoms with E-state index in [4.69, 9.17) is 16.2 Å². The standard InChI is InChI=1S/C71H99N5O13S2/c1-4-55-57(58(66(86)89-55)42-22-25-74-33-42)40-9-8-10-41-31-71(88)60-51(21-23-69(71,24-26-75-67(72)73)64(41)68(3,87)56(81)30-49(65(84)85)46-20-17-39-14-13-37(2)27-47(39)48(46)28-40)70(44-11-6-5-7-12-44)32-54(80)62(82)50-36-91-90-35-43(38-15-18-45(78)19-16-38)29-53(79)52(34-77)76-61(60)63(83)59(50)70/h15-19,22,25,33,37,40-41,43-44,46-52,54-59,62,64-65,74,76-78,80-82,84-85,87-88H,4-7,10-14,20-21,23-24,26-32,34-36H2,1-3H3,(H4,72,73,75)/t37-,40-,41-,43+,46+,47-,48+,49+,50-,51-,52+,54-,55+,56+,57+,58+,59-,62+,64+,68-,69-,70-,71+/m0/s1. The zero-order valence-electron chi connectivity index (χ0n) is 53.1. The molecule has 2 bridgehead atoms. The van der Waals surface area contributed by atoms with Gasteiger partial charge in [0.25, 0.3) is 0 Å². The van der Waals surface area contributed by atoms with Gasteiger partial charge in [0.05, 0.1) is 47.7 Å². The summed E-state index contributed by atoms with van der Waals surface area (Å²) < 4.78 is 6.31. The van der Waals surface area contributed by atoms with Crippen LogP contribution in [0.3, 0.4) is 0 Å². The molecule has 2 aromatic rings. The van der Waals surface area contributed by atoms with Gasteiger partial charge in [0.1, 0.15) is 17.9 Å². The highest BCUT2D eigenvalue weighted by Crippen LogP contribution is 2.75. The number of phenols is 1. The fraction of sp³-hybridized carbons (Fsp3) is 0.718. The first-order valence-corrected chi connectivity index (χ1v) is 36.7. The Morgan fingerprint density at radius 2 is 1.68 bits per heavy atom. The van der Waals surface area contributed by atoms with Crippen LogP contribution in [0.2, 0.25) is 0 Å². The van der Waals surface area contributed by atoms with Gasteiger partial charge in [-0.2, -0.15) is 0 Å². The van der Waals surface area contributed by atoms with E-state index in [9.17, 15) is 45.6 Å². The Morgan fingerprint density at radius 3 is 2.38 bits per heavy atom. The fourth-order valence-electron chi connectivity index (χ4n) is 21.5. The van der Waals surface area contributed by atoms with Gasteiger partial charge < -0.3 is 72.5 Å². The van der Waals surface area contributed by atoms with Crippen LogP contribution in [0.1, 0.15) is 166 Å². The molecule has 1 aromatic heterocycles. The van der Waals surface area contributed by atoms with Crippen molar-refractivity contribution < 1.29 is 65.1 Å². The first kappa shape index (κ1) is 66.6. The molecule has 12 rings (SSSR count). The van der Waals surface area contributed by atoms with E-state index in [-0.39, 0.29) is 104 Å². The summed E-state index contributed by atoms with van der Waals surface area (Å²) >= 11 is 0. The number of fused-ring (bicyclic) bond motifs is 10. The number of aromatic hydroxyl groups is 1. The second kappa shape index (κ2) is 26.7. The molecular weight excluding hydrogens is 1190 g/mol. The number of hydrogen-bond donors (Lipinski definition) is 13. The van der Waals surface area contributed by atoms with E-state index >= 15 is 14.7 Å². The fourth-order valence-corrected chi connectivity index (χ4v) is 24.2. The summed E-state index contributed by atoms with van der Waals surface area (Å²) in [4.78, 5) is 54.1. The maximum Gasteiger partial charge on any atom is 0.314 e. The highest BCUT2D eigenvalue weighted by molar-refractivity contribution is 8.76. The summed E-state index contributed by atoms with van der Waals surface area (Å²) in [5, 5.41) is 117. The third kappa shape index (κ3) is 11.8. The Morgan fingerprint density at radius 1 is 0.923 bits per heavy atom. The van der Waals surface area contributed by atoms with Gasteiger partial charge in [-0.1, -0.05) is 84.4 Å². The van der Waals surface area contributed by atoms with Crippen LogP contribution >= 0.6 is 21.6 Å². The van der Waals surface area contributed by atoms with Crippen LogP contribution < -0.4 is 16.8 Å². The molecule has 2 aliphatic heterocycles. The summed E-state index contributed by atoms with van der Waals surface area (Å²) in [5.74, 6) is -0.209. The number of carbonyl (C=O) groups is 3. The Labute approximate surface area is 543 Å². The van der Waals surface area contributed by atoms with Gasteiger partial charge in [-0.25, -0.2) is 0 Å². The van der Waals surface area contributed by atoms with E-state index in [1.54, 1.807) is 37.4 Å². The number of rotatable bonds is 10. The maximum atomic E-state index is 16.9. The number of nitrogens with two attached hydrogens (primary N) is 2. The number of cyclic esters (lactones) is 1. The van der Waals surface area contributed by atoms with Crippen LogP contribution in [0.4, 0.5) is 0 Å². The number of aromatic amines is 1. The summed E-state index contributed by atoms with van der Waals surface area (Å²) in [5.41, 5.74) is 8.85. The van der Waals surface area contributed by atoms with Crippen molar-refractivity contribution in [1.82, 2.24) is 10.3 Å². The molecule has 0 unspecified atom stereocenters. The topological polar surface area (TPSA) is 335 Å². The normalized spacial score (nSPS) is 43.1. The molecule has 7 fully saturated rings. The average molecular weight is 1290 g/mol. The number of ether oxygens (including phenoxy) is 1. The number of aromatic nitrogens is 1. The highest BCUT2D eigenvalue weighted by Gasteiger charge is 2.76. The molecule has 23 atom stereocenters. The minimum Gasteiger partial charge on any atom is -0.508 e. The van der Waals surface area contributed by atoms with Crippen molar-refractivity contribution in [1.29, 1.82) is 0 Å². The lowest BCUT2D eigenvalue weighted by Crippen LogP contribution is -2.69. The number of Topliss-reactive ketones (excluding diaryl/α,β-unsaturated/α-hetero) is 2. The number of H-pyrrole nitrogens is 1. The molecule has 91 heavy (non-hydrogen) atoms. The lowest BCUT2D eigenvalue weighted by atomic mass is 9.39. The minimum absolute atomic E-state index is 0.0161. The SMILES string of the molecule is CC[C@H]1OC(=O)[C@H](c2cc[nH]c2)[C@@H]1[C@H]1C#CC[C@H]2C[C@@]3(O)C4=C5N[C@H](CO)C(=O)C[C@@H](c6ccc(O)cc6)CSSC[C@@H]6[C@@H](O)[C@@H](O)C[C@@](C7CCCCC7)([C@@H]6C5=O)[C@H]4CC[C@]3(CCN=C(N)N)[C@H]2[C@@](C)(O)[C@H](O)C[C@@H](C(O)O)[C@@H]2CC=C3CC[C@H](C)C[C@@H]3[C@@H]2C1. The van der Waals surface area contributed by atoms with Crippen molar-refractivity contribution in [3.8, 4) is 17.6 Å². The van der Waals surface area contributed by atoms with E-state index in [2.05, 4.69) is 40.1 Å². The number of guanidine groups is 1. The number of aliphatic imine (C=N–C) groups is 1. The molecule has 15 N–H and O–H groups in total. The Kier molecular flexibility index (Phi) is 19.5. The molecule has 5 saturated carbocycles. The number of aliphatic hydroxyl groups is 8. The van der Waals surface area contributed by atoms with Crippen LogP contribution in [0.15, 0.2) is 70.6 Å². The van der Waals surface area contributed by atoms with E-state index in [1.807, 2.05) is 19.2 Å². The second-order valence-corrected chi connectivity index (χ2v) is 32.4. The van der Waals surface area contributed by atoms with Crippen molar-refractivity contribution in [2.24, 2.45) is 104 Å². The Bertz CT molecular complexity index is 3140. The van der Waals surface area contributed by atoms with Crippen molar-refractivity contribution in [2.75, 3.05) is 24.7 Å². The van der Waals surface area contributed by atoms with Crippen molar-refractivity contribution in [3.05, 3.63) is 76.8 Å². The number of ketones is 2. The molecule has 0 spiro atoms. The van der Waals surface area contributed by atoms with Gasteiger partial charge >= 0.3 is 5.97 Å². The smallest absolute Gasteiger partial charge is 0.314 e. The monoisotopic (exact) mass is 1290 g/mol. The number of allylic oxidation sites excluding steroid dienone is 3. The number of nitrogens with one attached hydrogen (secondary N) is 2. The van der Waals surface area contributed by atoms with Gasteiger partial charge in [-0.3, -0.25) is 19.4 Å². The van der Waals surface area contributed by atoms with Gasteiger partial charge in [0, 0.05) is 90.1 Å². The van der Waals surface area contributed by atoms with Crippen LogP contribution in [0.25, 0.3) is 0 Å². The van der Waals surface area contributed by atoms with E-state index in [1.165, 1.54) is 27.2 Å². The molecule has 2 saturated heterocycles. The van der Waals surface area contributed by atoms with E-state index in [0.717, 1.165) is 62.5 Å². The van der Waals surface area contributed by atoms with Gasteiger partial charge in [-0.15, -0.1) is 5.92 Å². The number of esters is 1. The number of nitrogens with zero attached hydrogens (tertiary/aromatic N) is 1. The summed E-state index contributed by atoms with van der Waals surface area (Å²) in [6.45, 7) is 5.11. The lowest BCUT2D eigenvalue weighted by molar-refractivity contribution is -0.208. The molecule has 20 heteroatoms. The highest BCUT2D eigenvalue weighted by atomic mass is 33.1. The van der Waals surface area contributed by atoms with Crippen LogP contribution in [0, 0.1) is 99.6 Å². The third-order valence-electron chi connectivity index (χ3n) is 25.4. The molecule has 0 radical (unpaired) electrons. The molecule has 10 aliphatic rings. The number of phenolic OH excluding ortho intramolecular Hbond substituents is 1. The molecule has 8 aliphatic carbocycles. The quantitative estimate of drug-likeness (QED) is 0.0219. The second-order valence-electron chi connectivity index (χ2n) is 29.9. The Hall–Kier alpha value is -4.40. The molecule has 0 amide bonds. The molecule has 18 nitrogen and oxygen atoms in total. The number of aliphatic hydroxyl groups excluding tert-OH is 5. The largest absolute Gasteiger partial charge is 0.508 e. The third-order valence-corrected chi connectivity index (χ3v) is 27.9. The first-order valence-electron chi connectivity index (χ1n) is 34.2. The average Bonchev–Trinajstić information content (AvgIpc) is 1.66. The molecule has 3 heterocycles. The summed E-state index contributed by atoms with van der Waals surface area (Å²) in [6.07, 6.45) is 8.29. The van der Waals surface area contributed by atoms with Gasteiger partial charge in [-0.05, 0) is 179 Å². The van der Waals surface area contributed by atoms with Crippen LogP contribution in [0.5, 0.6) is 5.75 Å². The van der Waals surface area contributed by atoms with E-state index in [0.29, 0.717) is 42.9 Å². The number of benzene rings is 1. The Balaban J connectivity index is 1.07. The van der Waals surface area contributed by atoms with Crippen molar-refractivity contribution >= 4 is 45.1 Å². The van der Waals surface area contributed by atoms with Crippen molar-refractivity contribution in [2.45, 2.75) is 203 Å². The zero-order valence-corrected chi connectivity index (χ0v) is 54.7. The van der Waals surface area contributed by atoms with Crippen molar-refractivity contribution in [3.63, 3.8) is 0 Å². The van der Waals surface area contributed by atoms with Crippen LogP contribution in [-0.2, 0) is 19.1 Å². The maximum absolute atomic E-state index is 16.9. The minimum atomic E-state index is -2.12. The number of carbonyl (C=O) groups excluding carboxylic acids is 3. The zero-order chi connectivity index (χ0) is 64.5. The predicted octanol–water partition coefficient (Wildman–Crippen LogP) is 6.87. The predicted molar refractivity (Wildman–Crippen MR) is 348 cm³/mol. The van der Waals surface area contributed by atoms with E-state index < -0.39 is 136 Å². The molecule has 498 valence electrons. The summed E-state index contributed by atoms with van der Waals surface area (Å²) in [7, 11) is 3.01. The first-order chi connectivity index (χ1) is 43.6.